The Balaban J connectivity index is 1.68. The average Bonchev–Trinajstić information content (AvgIpc) is 3.31. The minimum absolute atomic E-state index is 0.0663. The fraction of sp³-hybridized carbons (Fsp3) is 0.423. The number of nitrogens with zero attached hydrogens (tertiary/aromatic N) is 5. The molecule has 2 aromatic carbocycles. The molecule has 12 heteroatoms. The highest BCUT2D eigenvalue weighted by atomic mass is 16.6. The Hall–Kier alpha value is -4.03. The number of piperidine rings is 1. The lowest BCUT2D eigenvalue weighted by molar-refractivity contribution is -0.384. The van der Waals surface area contributed by atoms with Crippen molar-refractivity contribution in [3.8, 4) is 5.75 Å². The summed E-state index contributed by atoms with van der Waals surface area (Å²) in [6.45, 7) is 3.89. The molecule has 0 bridgehead atoms. The summed E-state index contributed by atoms with van der Waals surface area (Å²) in [6.07, 6.45) is 0.420. The second-order valence-corrected chi connectivity index (χ2v) is 9.09. The van der Waals surface area contributed by atoms with Crippen molar-refractivity contribution in [2.24, 2.45) is 11.0 Å². The highest BCUT2D eigenvalue weighted by Crippen LogP contribution is 2.48. The lowest BCUT2D eigenvalue weighted by atomic mass is 9.79. The molecular formula is C26H29N5O7. The maximum absolute atomic E-state index is 14.8. The summed E-state index contributed by atoms with van der Waals surface area (Å²) < 4.78 is 16.6. The number of carbonyl (C=O) groups is 2. The summed E-state index contributed by atoms with van der Waals surface area (Å²) in [5.74, 6) is -0.957. The van der Waals surface area contributed by atoms with Crippen molar-refractivity contribution in [1.82, 2.24) is 4.90 Å². The van der Waals surface area contributed by atoms with Gasteiger partial charge in [0.1, 0.15) is 11.4 Å². The minimum atomic E-state index is -1.40. The zero-order chi connectivity index (χ0) is 26.9. The molecule has 2 saturated heterocycles. The normalized spacial score (nSPS) is 23.6. The van der Waals surface area contributed by atoms with E-state index in [4.69, 9.17) is 19.3 Å². The Labute approximate surface area is 219 Å². The topological polar surface area (TPSA) is 127 Å². The van der Waals surface area contributed by atoms with Gasteiger partial charge in [0, 0.05) is 37.5 Å². The van der Waals surface area contributed by atoms with Crippen molar-refractivity contribution < 1.29 is 28.7 Å². The molecule has 2 aromatic rings. The van der Waals surface area contributed by atoms with Gasteiger partial charge in [0.2, 0.25) is 5.66 Å². The fourth-order valence-electron chi connectivity index (χ4n) is 5.55. The number of fused-ring (bicyclic) bond motifs is 1. The molecule has 0 saturated carbocycles. The van der Waals surface area contributed by atoms with Gasteiger partial charge in [-0.25, -0.2) is 9.80 Å². The molecule has 3 heterocycles. The number of esters is 1. The van der Waals surface area contributed by atoms with Crippen molar-refractivity contribution in [1.29, 1.82) is 0 Å². The van der Waals surface area contributed by atoms with Gasteiger partial charge >= 0.3 is 5.97 Å². The van der Waals surface area contributed by atoms with Crippen molar-refractivity contribution >= 4 is 34.7 Å². The van der Waals surface area contributed by atoms with E-state index in [1.165, 1.54) is 19.2 Å². The molecule has 0 radical (unpaired) electrons. The van der Waals surface area contributed by atoms with Gasteiger partial charge in [-0.2, -0.15) is 5.10 Å². The number of nitro groups is 1. The zero-order valence-electron chi connectivity index (χ0n) is 21.2. The molecule has 2 unspecified atom stereocenters. The second-order valence-electron chi connectivity index (χ2n) is 9.09. The van der Waals surface area contributed by atoms with Gasteiger partial charge in [-0.05, 0) is 37.6 Å². The molecule has 0 spiro atoms. The van der Waals surface area contributed by atoms with E-state index in [0.29, 0.717) is 56.4 Å². The van der Waals surface area contributed by atoms with Crippen LogP contribution in [0.2, 0.25) is 0 Å². The summed E-state index contributed by atoms with van der Waals surface area (Å²) in [4.78, 5) is 42.3. The van der Waals surface area contributed by atoms with Crippen molar-refractivity contribution in [3.05, 3.63) is 58.6 Å². The molecule has 200 valence electrons. The molecule has 3 aliphatic rings. The number of anilines is 2. The SMILES string of the molecule is CCOC(=O)C1=NN(c2ccccc2OC)C2(N3CCOCC3)C(=O)N(c3ccc([N+](=O)[O-])cc3)CCC12. The second kappa shape index (κ2) is 10.4. The lowest BCUT2D eigenvalue weighted by Gasteiger charge is -2.53. The van der Waals surface area contributed by atoms with Crippen LogP contribution in [0.4, 0.5) is 17.1 Å². The van der Waals surface area contributed by atoms with Crippen molar-refractivity contribution in [2.75, 3.05) is 56.5 Å². The first-order chi connectivity index (χ1) is 18.4. The van der Waals surface area contributed by atoms with Gasteiger partial charge in [0.25, 0.3) is 11.6 Å². The van der Waals surface area contributed by atoms with Gasteiger partial charge in [0.15, 0.2) is 5.71 Å². The Morgan fingerprint density at radius 2 is 1.87 bits per heavy atom. The maximum atomic E-state index is 14.8. The van der Waals surface area contributed by atoms with E-state index in [9.17, 15) is 19.7 Å². The zero-order valence-corrected chi connectivity index (χ0v) is 21.2. The average molecular weight is 524 g/mol. The van der Waals surface area contributed by atoms with Gasteiger partial charge in [0.05, 0.1) is 37.8 Å². The number of amides is 1. The summed E-state index contributed by atoms with van der Waals surface area (Å²) >= 11 is 0. The molecule has 3 aliphatic heterocycles. The molecule has 0 aromatic heterocycles. The summed E-state index contributed by atoms with van der Waals surface area (Å²) in [5, 5.41) is 17.6. The van der Waals surface area contributed by atoms with Crippen LogP contribution in [0.1, 0.15) is 13.3 Å². The fourth-order valence-corrected chi connectivity index (χ4v) is 5.55. The monoisotopic (exact) mass is 523 g/mol. The number of methoxy groups -OCH3 is 1. The van der Waals surface area contributed by atoms with E-state index in [1.807, 2.05) is 17.0 Å². The van der Waals surface area contributed by atoms with Crippen LogP contribution in [-0.2, 0) is 19.1 Å². The first-order valence-corrected chi connectivity index (χ1v) is 12.5. The van der Waals surface area contributed by atoms with Crippen molar-refractivity contribution in [2.45, 2.75) is 19.0 Å². The molecule has 1 amide bonds. The molecule has 12 nitrogen and oxygen atoms in total. The summed E-state index contributed by atoms with van der Waals surface area (Å²) in [6, 6.07) is 13.1. The number of rotatable bonds is 7. The number of benzene rings is 2. The molecule has 0 N–H and O–H groups in total. The molecular weight excluding hydrogens is 494 g/mol. The number of hydrazone groups is 1. The lowest BCUT2D eigenvalue weighted by Crippen LogP contribution is -2.74. The van der Waals surface area contributed by atoms with E-state index in [-0.39, 0.29) is 23.9 Å². The molecule has 2 fully saturated rings. The largest absolute Gasteiger partial charge is 0.495 e. The van der Waals surface area contributed by atoms with E-state index in [2.05, 4.69) is 0 Å². The first-order valence-electron chi connectivity index (χ1n) is 12.5. The molecule has 0 aliphatic carbocycles. The van der Waals surface area contributed by atoms with Crippen LogP contribution in [-0.4, -0.2) is 79.6 Å². The van der Waals surface area contributed by atoms with Crippen molar-refractivity contribution in [3.63, 3.8) is 0 Å². The Kier molecular flexibility index (Phi) is 7.00. The summed E-state index contributed by atoms with van der Waals surface area (Å²) in [7, 11) is 1.54. The Bertz CT molecular complexity index is 1260. The van der Waals surface area contributed by atoms with Gasteiger partial charge in [-0.1, -0.05) is 12.1 Å². The number of non-ortho nitro benzene ring substituents is 1. The minimum Gasteiger partial charge on any atom is -0.495 e. The maximum Gasteiger partial charge on any atom is 0.354 e. The van der Waals surface area contributed by atoms with Gasteiger partial charge in [-0.3, -0.25) is 19.8 Å². The van der Waals surface area contributed by atoms with E-state index in [0.717, 1.165) is 0 Å². The quantitative estimate of drug-likeness (QED) is 0.305. The van der Waals surface area contributed by atoms with Crippen LogP contribution in [0.5, 0.6) is 5.75 Å². The number of para-hydroxylation sites is 2. The predicted molar refractivity (Wildman–Crippen MR) is 138 cm³/mol. The number of nitro benzene ring substituents is 1. The molecule has 38 heavy (non-hydrogen) atoms. The predicted octanol–water partition coefficient (Wildman–Crippen LogP) is 2.42. The smallest absolute Gasteiger partial charge is 0.354 e. The number of morpholine rings is 1. The number of hydrogen-bond acceptors (Lipinski definition) is 10. The van der Waals surface area contributed by atoms with Gasteiger partial charge < -0.3 is 19.1 Å². The standard InChI is InChI=1S/C26H29N5O7/c1-3-38-24(32)23-20-12-13-29(18-8-10-19(11-9-18)31(34)35)25(33)26(20,28-14-16-37-17-15-28)30(27-23)21-6-4-5-7-22(21)36-2/h4-11,20H,3,12-17H2,1-2H3. The number of hydrogen-bond donors (Lipinski definition) is 0. The van der Waals surface area contributed by atoms with Crippen LogP contribution in [0.3, 0.4) is 0 Å². The third-order valence-corrected chi connectivity index (χ3v) is 7.21. The van der Waals surface area contributed by atoms with Crippen LogP contribution in [0.15, 0.2) is 53.6 Å². The van der Waals surface area contributed by atoms with Crippen LogP contribution in [0.25, 0.3) is 0 Å². The van der Waals surface area contributed by atoms with Crippen LogP contribution in [0, 0.1) is 16.0 Å². The Morgan fingerprint density at radius 3 is 2.53 bits per heavy atom. The Morgan fingerprint density at radius 1 is 1.16 bits per heavy atom. The molecule has 5 rings (SSSR count). The van der Waals surface area contributed by atoms with Gasteiger partial charge in [-0.15, -0.1) is 0 Å². The van der Waals surface area contributed by atoms with E-state index < -0.39 is 22.5 Å². The van der Waals surface area contributed by atoms with Crippen LogP contribution >= 0.6 is 0 Å². The highest BCUT2D eigenvalue weighted by Gasteiger charge is 2.65. The number of ether oxygens (including phenoxy) is 3. The highest BCUT2D eigenvalue weighted by molar-refractivity contribution is 6.40. The third-order valence-electron chi connectivity index (χ3n) is 7.21. The van der Waals surface area contributed by atoms with E-state index in [1.54, 1.807) is 41.1 Å². The van der Waals surface area contributed by atoms with E-state index >= 15 is 0 Å². The third kappa shape index (κ3) is 4.05. The first kappa shape index (κ1) is 25.6. The summed E-state index contributed by atoms with van der Waals surface area (Å²) in [5.41, 5.74) is -0.231. The molecule has 2 atom stereocenters. The number of carbonyl (C=O) groups excluding carboxylic acids is 2. The van der Waals surface area contributed by atoms with Crippen LogP contribution < -0.4 is 14.6 Å².